The van der Waals surface area contributed by atoms with Crippen molar-refractivity contribution in [3.05, 3.63) is 90.0 Å². The molecule has 0 aliphatic heterocycles. The van der Waals surface area contributed by atoms with Gasteiger partial charge in [-0.25, -0.2) is 5.43 Å². The van der Waals surface area contributed by atoms with Gasteiger partial charge in [0, 0.05) is 12.0 Å². The predicted octanol–water partition coefficient (Wildman–Crippen LogP) is 4.31. The Bertz CT molecular complexity index is 956. The lowest BCUT2D eigenvalue weighted by Crippen LogP contribution is -2.17. The van der Waals surface area contributed by atoms with Gasteiger partial charge in [-0.2, -0.15) is 5.10 Å². The summed E-state index contributed by atoms with van der Waals surface area (Å²) in [6, 6.07) is 23.9. The molecule has 30 heavy (non-hydrogen) atoms. The molecule has 3 rings (SSSR count). The van der Waals surface area contributed by atoms with Gasteiger partial charge in [-0.3, -0.25) is 4.79 Å². The summed E-state index contributed by atoms with van der Waals surface area (Å²) in [5.41, 5.74) is 3.90. The number of benzene rings is 3. The van der Waals surface area contributed by atoms with Crippen LogP contribution >= 0.6 is 0 Å². The maximum Gasteiger partial charge on any atom is 0.271 e. The Kier molecular flexibility index (Phi) is 7.85. The molecule has 0 saturated carbocycles. The summed E-state index contributed by atoms with van der Waals surface area (Å²) < 4.78 is 16.6. The van der Waals surface area contributed by atoms with Crippen LogP contribution in [0.15, 0.2) is 84.0 Å². The van der Waals surface area contributed by atoms with Crippen molar-refractivity contribution in [2.75, 3.05) is 20.3 Å². The first-order valence-corrected chi connectivity index (χ1v) is 9.63. The average molecular weight is 404 g/mol. The zero-order valence-electron chi connectivity index (χ0n) is 16.8. The van der Waals surface area contributed by atoms with Crippen LogP contribution in [-0.4, -0.2) is 32.4 Å². The lowest BCUT2D eigenvalue weighted by molar-refractivity contribution is 0.0955. The Labute approximate surface area is 176 Å². The minimum absolute atomic E-state index is 0.254. The van der Waals surface area contributed by atoms with Gasteiger partial charge in [0.25, 0.3) is 5.91 Å². The Balaban J connectivity index is 1.39. The fraction of sp³-hybridized carbons (Fsp3) is 0.167. The number of amides is 1. The molecule has 0 bridgehead atoms. The Hall–Kier alpha value is -3.80. The molecule has 6 heteroatoms. The van der Waals surface area contributed by atoms with Crippen molar-refractivity contribution in [3.63, 3.8) is 0 Å². The van der Waals surface area contributed by atoms with Gasteiger partial charge in [0.1, 0.15) is 17.2 Å². The van der Waals surface area contributed by atoms with E-state index in [9.17, 15) is 4.79 Å². The van der Waals surface area contributed by atoms with Crippen molar-refractivity contribution in [3.8, 4) is 17.2 Å². The smallest absolute Gasteiger partial charge is 0.271 e. The number of carbonyl (C=O) groups is 1. The number of ether oxygens (including phenoxy) is 3. The molecule has 0 saturated heterocycles. The van der Waals surface area contributed by atoms with Crippen LogP contribution in [-0.2, 0) is 0 Å². The molecule has 0 aliphatic carbocycles. The second-order valence-electron chi connectivity index (χ2n) is 6.36. The molecule has 3 aromatic rings. The highest BCUT2D eigenvalue weighted by Gasteiger charge is 2.02. The minimum Gasteiger partial charge on any atom is -0.497 e. The van der Waals surface area contributed by atoms with E-state index in [-0.39, 0.29) is 5.91 Å². The molecule has 0 radical (unpaired) electrons. The van der Waals surface area contributed by atoms with Crippen molar-refractivity contribution in [2.45, 2.75) is 6.42 Å². The zero-order valence-corrected chi connectivity index (χ0v) is 16.8. The van der Waals surface area contributed by atoms with E-state index in [1.54, 1.807) is 25.5 Å². The summed E-state index contributed by atoms with van der Waals surface area (Å²) in [7, 11) is 1.63. The SMILES string of the molecule is COc1ccc(OCCCOc2cccc(/C=N\NC(=O)c3ccccc3)c2)cc1. The van der Waals surface area contributed by atoms with Crippen LogP contribution in [0.25, 0.3) is 0 Å². The normalized spacial score (nSPS) is 10.6. The molecule has 0 aliphatic rings. The van der Waals surface area contributed by atoms with Gasteiger partial charge in [-0.05, 0) is 54.1 Å². The number of rotatable bonds is 10. The summed E-state index contributed by atoms with van der Waals surface area (Å²) in [6.07, 6.45) is 2.33. The van der Waals surface area contributed by atoms with Crippen LogP contribution in [0.5, 0.6) is 17.2 Å². The van der Waals surface area contributed by atoms with Gasteiger partial charge in [0.2, 0.25) is 0 Å². The number of hydrogen-bond donors (Lipinski definition) is 1. The van der Waals surface area contributed by atoms with Crippen LogP contribution in [0.2, 0.25) is 0 Å². The maximum absolute atomic E-state index is 12.0. The third kappa shape index (κ3) is 6.67. The van der Waals surface area contributed by atoms with Gasteiger partial charge >= 0.3 is 0 Å². The molecule has 0 aromatic heterocycles. The first-order valence-electron chi connectivity index (χ1n) is 9.63. The van der Waals surface area contributed by atoms with E-state index in [2.05, 4.69) is 10.5 Å². The highest BCUT2D eigenvalue weighted by atomic mass is 16.5. The predicted molar refractivity (Wildman–Crippen MR) is 117 cm³/mol. The van der Waals surface area contributed by atoms with Crippen LogP contribution in [0.3, 0.4) is 0 Å². The summed E-state index contributed by atoms with van der Waals surface area (Å²) in [5.74, 6) is 2.08. The van der Waals surface area contributed by atoms with Gasteiger partial charge in [-0.15, -0.1) is 0 Å². The van der Waals surface area contributed by atoms with Crippen LogP contribution in [0.4, 0.5) is 0 Å². The molecular weight excluding hydrogens is 380 g/mol. The number of carbonyl (C=O) groups excluding carboxylic acids is 1. The second kappa shape index (κ2) is 11.3. The Morgan fingerprint density at radius 1 is 0.867 bits per heavy atom. The number of methoxy groups -OCH3 is 1. The second-order valence-corrected chi connectivity index (χ2v) is 6.36. The van der Waals surface area contributed by atoms with Gasteiger partial charge in [0.05, 0.1) is 26.5 Å². The van der Waals surface area contributed by atoms with E-state index in [0.29, 0.717) is 18.8 Å². The lowest BCUT2D eigenvalue weighted by Gasteiger charge is -2.09. The van der Waals surface area contributed by atoms with Crippen molar-refractivity contribution in [1.29, 1.82) is 0 Å². The van der Waals surface area contributed by atoms with Crippen molar-refractivity contribution in [1.82, 2.24) is 5.43 Å². The van der Waals surface area contributed by atoms with E-state index in [4.69, 9.17) is 14.2 Å². The first-order chi connectivity index (χ1) is 14.7. The van der Waals surface area contributed by atoms with E-state index in [1.807, 2.05) is 66.7 Å². The lowest BCUT2D eigenvalue weighted by atomic mass is 10.2. The van der Waals surface area contributed by atoms with Crippen LogP contribution in [0, 0.1) is 0 Å². The molecule has 0 fully saturated rings. The molecule has 6 nitrogen and oxygen atoms in total. The monoisotopic (exact) mass is 404 g/mol. The molecular formula is C24H24N2O4. The van der Waals surface area contributed by atoms with E-state index >= 15 is 0 Å². The fourth-order valence-electron chi connectivity index (χ4n) is 2.62. The molecule has 0 heterocycles. The van der Waals surface area contributed by atoms with E-state index in [0.717, 1.165) is 29.2 Å². The summed E-state index contributed by atoms with van der Waals surface area (Å²) in [5, 5.41) is 4.01. The number of nitrogens with zero attached hydrogens (tertiary/aromatic N) is 1. The van der Waals surface area contributed by atoms with Crippen molar-refractivity contribution in [2.24, 2.45) is 5.10 Å². The Morgan fingerprint density at radius 3 is 2.30 bits per heavy atom. The van der Waals surface area contributed by atoms with Gasteiger partial charge in [-0.1, -0.05) is 30.3 Å². The summed E-state index contributed by atoms with van der Waals surface area (Å²) >= 11 is 0. The van der Waals surface area contributed by atoms with Gasteiger partial charge in [0.15, 0.2) is 0 Å². The van der Waals surface area contributed by atoms with Crippen LogP contribution in [0.1, 0.15) is 22.3 Å². The molecule has 1 N–H and O–H groups in total. The molecule has 1 amide bonds. The highest BCUT2D eigenvalue weighted by Crippen LogP contribution is 2.17. The van der Waals surface area contributed by atoms with Gasteiger partial charge < -0.3 is 14.2 Å². The standard InChI is InChI=1S/C24H24N2O4/c1-28-21-11-13-22(14-12-21)29-15-6-16-30-23-10-5-7-19(17-23)18-25-26-24(27)20-8-3-2-4-9-20/h2-5,7-14,17-18H,6,15-16H2,1H3,(H,26,27)/b25-18-. The van der Waals surface area contributed by atoms with Crippen molar-refractivity contribution < 1.29 is 19.0 Å². The number of hydrazone groups is 1. The summed E-state index contributed by atoms with van der Waals surface area (Å²) in [4.78, 5) is 12.0. The maximum atomic E-state index is 12.0. The third-order valence-corrected chi connectivity index (χ3v) is 4.16. The molecule has 0 unspecified atom stereocenters. The summed E-state index contributed by atoms with van der Waals surface area (Å²) in [6.45, 7) is 1.08. The fourth-order valence-corrected chi connectivity index (χ4v) is 2.62. The largest absolute Gasteiger partial charge is 0.497 e. The number of nitrogens with one attached hydrogen (secondary N) is 1. The van der Waals surface area contributed by atoms with Crippen molar-refractivity contribution >= 4 is 12.1 Å². The van der Waals surface area contributed by atoms with E-state index < -0.39 is 0 Å². The quantitative estimate of drug-likeness (QED) is 0.311. The topological polar surface area (TPSA) is 69.2 Å². The average Bonchev–Trinajstić information content (AvgIpc) is 2.80. The highest BCUT2D eigenvalue weighted by molar-refractivity contribution is 5.94. The third-order valence-electron chi connectivity index (χ3n) is 4.16. The minimum atomic E-state index is -0.254. The first kappa shape index (κ1) is 20.9. The number of hydrogen-bond acceptors (Lipinski definition) is 5. The van der Waals surface area contributed by atoms with Crippen LogP contribution < -0.4 is 19.6 Å². The molecule has 0 atom stereocenters. The Morgan fingerprint density at radius 2 is 1.57 bits per heavy atom. The molecule has 154 valence electrons. The molecule has 3 aromatic carbocycles. The van der Waals surface area contributed by atoms with E-state index in [1.165, 1.54) is 0 Å². The zero-order chi connectivity index (χ0) is 21.0. The molecule has 0 spiro atoms.